The summed E-state index contributed by atoms with van der Waals surface area (Å²) in [5.74, 6) is 0.984. The van der Waals surface area contributed by atoms with Crippen molar-refractivity contribution in [2.24, 2.45) is 0 Å². The highest BCUT2D eigenvalue weighted by Gasteiger charge is 2.23. The van der Waals surface area contributed by atoms with Crippen molar-refractivity contribution in [1.29, 1.82) is 0 Å². The van der Waals surface area contributed by atoms with E-state index in [9.17, 15) is 9.90 Å². The fourth-order valence-electron chi connectivity index (χ4n) is 5.29. The van der Waals surface area contributed by atoms with Crippen LogP contribution in [0.2, 0.25) is 0 Å². The molecule has 4 aromatic carbocycles. The van der Waals surface area contributed by atoms with E-state index >= 15 is 0 Å². The van der Waals surface area contributed by atoms with E-state index in [0.29, 0.717) is 17.7 Å². The zero-order chi connectivity index (χ0) is 26.8. The van der Waals surface area contributed by atoms with Crippen LogP contribution in [-0.4, -0.2) is 28.9 Å². The third kappa shape index (κ3) is 5.47. The number of thiophene rings is 1. The normalized spacial score (nSPS) is 13.7. The fourth-order valence-corrected chi connectivity index (χ4v) is 6.52. The molecule has 196 valence electrons. The lowest BCUT2D eigenvalue weighted by Crippen LogP contribution is -2.19. The molecule has 0 bridgehead atoms. The maximum Gasteiger partial charge on any atom is 0.195 e. The Kier molecular flexibility index (Phi) is 7.18. The van der Waals surface area contributed by atoms with Crippen molar-refractivity contribution >= 4 is 27.2 Å². The molecule has 0 amide bonds. The standard InChI is InChI=1S/C34H31NO3S/c1-23-19-26(9-10-27(23)21-35-17-5-6-18-35)33(37)32-30-16-15-29(38-22-24-7-3-2-4-8-24)20-31(30)39-34(32)25-11-13-28(36)14-12-25/h2-4,7-16,19-20,36H,5-6,17-18,21-22H2,1H3. The van der Waals surface area contributed by atoms with Crippen molar-refractivity contribution in [3.8, 4) is 21.9 Å². The summed E-state index contributed by atoms with van der Waals surface area (Å²) in [5.41, 5.74) is 5.83. The van der Waals surface area contributed by atoms with Gasteiger partial charge in [-0.25, -0.2) is 0 Å². The zero-order valence-electron chi connectivity index (χ0n) is 22.0. The Morgan fingerprint density at radius 1 is 0.923 bits per heavy atom. The number of ketones is 1. The Morgan fingerprint density at radius 3 is 2.44 bits per heavy atom. The first kappa shape index (κ1) is 25.4. The van der Waals surface area contributed by atoms with Gasteiger partial charge in [-0.3, -0.25) is 9.69 Å². The molecule has 5 heteroatoms. The van der Waals surface area contributed by atoms with Gasteiger partial charge >= 0.3 is 0 Å². The Morgan fingerprint density at radius 2 is 1.69 bits per heavy atom. The number of phenols is 1. The van der Waals surface area contributed by atoms with Gasteiger partial charge < -0.3 is 9.84 Å². The van der Waals surface area contributed by atoms with E-state index in [1.807, 2.05) is 72.8 Å². The summed E-state index contributed by atoms with van der Waals surface area (Å²) in [5, 5.41) is 10.8. The number of carbonyl (C=O) groups is 1. The number of likely N-dealkylation sites (tertiary alicyclic amines) is 1. The van der Waals surface area contributed by atoms with Crippen molar-refractivity contribution in [3.05, 3.63) is 119 Å². The zero-order valence-corrected chi connectivity index (χ0v) is 22.8. The molecular weight excluding hydrogens is 502 g/mol. The van der Waals surface area contributed by atoms with E-state index in [2.05, 4.69) is 17.9 Å². The summed E-state index contributed by atoms with van der Waals surface area (Å²) in [4.78, 5) is 17.5. The van der Waals surface area contributed by atoms with Crippen LogP contribution in [0.25, 0.3) is 20.5 Å². The Bertz CT molecular complexity index is 1620. The van der Waals surface area contributed by atoms with Gasteiger partial charge in [0, 0.05) is 32.6 Å². The predicted molar refractivity (Wildman–Crippen MR) is 159 cm³/mol. The molecule has 5 aromatic rings. The van der Waals surface area contributed by atoms with E-state index in [1.165, 1.54) is 18.4 Å². The molecule has 39 heavy (non-hydrogen) atoms. The summed E-state index contributed by atoms with van der Waals surface area (Å²) < 4.78 is 7.08. The predicted octanol–water partition coefficient (Wildman–Crippen LogP) is 7.99. The average Bonchev–Trinajstić information content (AvgIpc) is 3.61. The molecule has 0 atom stereocenters. The van der Waals surface area contributed by atoms with Gasteiger partial charge in [-0.05, 0) is 104 Å². The van der Waals surface area contributed by atoms with Crippen molar-refractivity contribution in [2.75, 3.05) is 13.1 Å². The molecule has 1 aromatic heterocycles. The van der Waals surface area contributed by atoms with Crippen molar-refractivity contribution in [2.45, 2.75) is 32.9 Å². The van der Waals surface area contributed by atoms with Crippen LogP contribution in [0.3, 0.4) is 0 Å². The minimum atomic E-state index is 0.0121. The first-order chi connectivity index (χ1) is 19.0. The van der Waals surface area contributed by atoms with Gasteiger partial charge in [0.2, 0.25) is 0 Å². The van der Waals surface area contributed by atoms with Crippen LogP contribution in [0.4, 0.5) is 0 Å². The van der Waals surface area contributed by atoms with Crippen LogP contribution in [0.15, 0.2) is 91.0 Å². The Hall–Kier alpha value is -3.93. The van der Waals surface area contributed by atoms with Gasteiger partial charge in [0.05, 0.1) is 0 Å². The van der Waals surface area contributed by atoms with E-state index in [-0.39, 0.29) is 11.5 Å². The van der Waals surface area contributed by atoms with Gasteiger partial charge in [0.1, 0.15) is 18.1 Å². The number of nitrogens with zero attached hydrogens (tertiary/aromatic N) is 1. The molecule has 1 N–H and O–H groups in total. The summed E-state index contributed by atoms with van der Waals surface area (Å²) >= 11 is 1.58. The minimum Gasteiger partial charge on any atom is -0.508 e. The minimum absolute atomic E-state index is 0.0121. The lowest BCUT2D eigenvalue weighted by molar-refractivity contribution is 0.104. The molecule has 0 radical (unpaired) electrons. The van der Waals surface area contributed by atoms with Crippen LogP contribution in [-0.2, 0) is 13.2 Å². The van der Waals surface area contributed by atoms with Gasteiger partial charge in [0.15, 0.2) is 5.78 Å². The van der Waals surface area contributed by atoms with Gasteiger partial charge in [-0.15, -0.1) is 11.3 Å². The summed E-state index contributed by atoms with van der Waals surface area (Å²) in [6.45, 7) is 5.82. The maximum absolute atomic E-state index is 14.1. The number of ether oxygens (including phenoxy) is 1. The largest absolute Gasteiger partial charge is 0.508 e. The molecule has 2 heterocycles. The number of rotatable bonds is 8. The average molecular weight is 534 g/mol. The second-order valence-electron chi connectivity index (χ2n) is 10.2. The second-order valence-corrected chi connectivity index (χ2v) is 11.3. The van der Waals surface area contributed by atoms with E-state index in [0.717, 1.165) is 57.0 Å². The van der Waals surface area contributed by atoms with Crippen LogP contribution in [0, 0.1) is 6.92 Å². The van der Waals surface area contributed by atoms with E-state index < -0.39 is 0 Å². The molecule has 0 saturated carbocycles. The van der Waals surface area contributed by atoms with Crippen molar-refractivity contribution < 1.29 is 14.6 Å². The lowest BCUT2D eigenvalue weighted by Gasteiger charge is -2.17. The molecule has 6 rings (SSSR count). The molecule has 0 spiro atoms. The van der Waals surface area contributed by atoms with Crippen LogP contribution in [0.5, 0.6) is 11.5 Å². The number of phenolic OH excluding ortho intramolecular Hbond substituents is 1. The summed E-state index contributed by atoms with van der Waals surface area (Å²) in [6.07, 6.45) is 2.53. The number of aryl methyl sites for hydroxylation is 1. The molecule has 1 aliphatic rings. The van der Waals surface area contributed by atoms with Crippen LogP contribution < -0.4 is 4.74 Å². The first-order valence-electron chi connectivity index (χ1n) is 13.4. The first-order valence-corrected chi connectivity index (χ1v) is 14.3. The van der Waals surface area contributed by atoms with Gasteiger partial charge in [-0.1, -0.05) is 42.5 Å². The SMILES string of the molecule is Cc1cc(C(=O)c2c(-c3ccc(O)cc3)sc3cc(OCc4ccccc4)ccc23)ccc1CN1CCCC1. The van der Waals surface area contributed by atoms with Crippen molar-refractivity contribution in [3.63, 3.8) is 0 Å². The van der Waals surface area contributed by atoms with E-state index in [1.54, 1.807) is 23.5 Å². The molecule has 0 unspecified atom stereocenters. The molecule has 1 saturated heterocycles. The summed E-state index contributed by atoms with van der Waals surface area (Å²) in [6, 6.07) is 29.2. The summed E-state index contributed by atoms with van der Waals surface area (Å²) in [7, 11) is 0. The number of benzene rings is 4. The smallest absolute Gasteiger partial charge is 0.195 e. The highest BCUT2D eigenvalue weighted by Crippen LogP contribution is 2.42. The molecule has 1 fully saturated rings. The molecule has 1 aliphatic heterocycles. The van der Waals surface area contributed by atoms with Crippen molar-refractivity contribution in [1.82, 2.24) is 4.90 Å². The highest BCUT2D eigenvalue weighted by atomic mass is 32.1. The Balaban J connectivity index is 1.36. The third-order valence-electron chi connectivity index (χ3n) is 7.46. The van der Waals surface area contributed by atoms with E-state index in [4.69, 9.17) is 4.74 Å². The van der Waals surface area contributed by atoms with Gasteiger partial charge in [-0.2, -0.15) is 0 Å². The quantitative estimate of drug-likeness (QED) is 0.205. The second kappa shape index (κ2) is 11.0. The topological polar surface area (TPSA) is 49.8 Å². The molecule has 4 nitrogen and oxygen atoms in total. The molecular formula is C34H31NO3S. The molecule has 0 aliphatic carbocycles. The van der Waals surface area contributed by atoms with Crippen LogP contribution >= 0.6 is 11.3 Å². The number of carbonyl (C=O) groups excluding carboxylic acids is 1. The third-order valence-corrected chi connectivity index (χ3v) is 8.67. The maximum atomic E-state index is 14.1. The number of fused-ring (bicyclic) bond motifs is 1. The number of aromatic hydroxyl groups is 1. The van der Waals surface area contributed by atoms with Crippen LogP contribution in [0.1, 0.15) is 45.5 Å². The number of hydrogen-bond donors (Lipinski definition) is 1. The lowest BCUT2D eigenvalue weighted by atomic mass is 9.95. The van der Waals surface area contributed by atoms with Gasteiger partial charge in [0.25, 0.3) is 0 Å². The number of hydrogen-bond acceptors (Lipinski definition) is 5. The Labute approximate surface area is 233 Å². The highest BCUT2D eigenvalue weighted by molar-refractivity contribution is 7.22. The monoisotopic (exact) mass is 533 g/mol. The fraction of sp³-hybridized carbons (Fsp3) is 0.206.